The summed E-state index contributed by atoms with van der Waals surface area (Å²) in [6, 6.07) is 7.80. The molecule has 0 aliphatic carbocycles. The van der Waals surface area contributed by atoms with E-state index in [1.165, 1.54) is 16.6 Å². The Balaban J connectivity index is 1.62. The van der Waals surface area contributed by atoms with Gasteiger partial charge >= 0.3 is 5.97 Å². The molecule has 0 atom stereocenters. The van der Waals surface area contributed by atoms with Crippen LogP contribution in [0.5, 0.6) is 0 Å². The number of esters is 1. The van der Waals surface area contributed by atoms with Crippen molar-refractivity contribution < 1.29 is 22.7 Å². The summed E-state index contributed by atoms with van der Waals surface area (Å²) in [6.45, 7) is -0.155. The summed E-state index contributed by atoms with van der Waals surface area (Å²) in [4.78, 5) is 27.9. The molecule has 10 heteroatoms. The van der Waals surface area contributed by atoms with Crippen LogP contribution in [0.15, 0.2) is 36.5 Å². The molecule has 0 fully saturated rings. The first-order valence-corrected chi connectivity index (χ1v) is 10.2. The number of benzene rings is 1. The molecule has 0 unspecified atom stereocenters. The van der Waals surface area contributed by atoms with Gasteiger partial charge in [0.1, 0.15) is 0 Å². The number of rotatable bonds is 5. The second-order valence-electron chi connectivity index (χ2n) is 5.89. The molecule has 0 saturated heterocycles. The summed E-state index contributed by atoms with van der Waals surface area (Å²) in [7, 11) is -3.36. The molecule has 1 aliphatic heterocycles. The number of carbonyl (C=O) groups is 2. The van der Waals surface area contributed by atoms with Crippen molar-refractivity contribution in [3.63, 3.8) is 0 Å². The van der Waals surface area contributed by atoms with Crippen molar-refractivity contribution >= 4 is 44.9 Å². The minimum atomic E-state index is -3.36. The van der Waals surface area contributed by atoms with Crippen LogP contribution < -0.4 is 9.62 Å². The number of sulfonamides is 1. The van der Waals surface area contributed by atoms with Crippen molar-refractivity contribution in [3.8, 4) is 0 Å². The number of hydrogen-bond donors (Lipinski definition) is 1. The van der Waals surface area contributed by atoms with Crippen molar-refractivity contribution in [3.05, 3.63) is 52.8 Å². The van der Waals surface area contributed by atoms with E-state index < -0.39 is 28.5 Å². The monoisotopic (exact) mass is 409 g/mol. The maximum Gasteiger partial charge on any atom is 0.338 e. The molecule has 1 aromatic carbocycles. The van der Waals surface area contributed by atoms with Crippen molar-refractivity contribution in [2.45, 2.75) is 6.42 Å². The summed E-state index contributed by atoms with van der Waals surface area (Å²) in [5, 5.41) is 2.63. The first kappa shape index (κ1) is 19.1. The number of aromatic nitrogens is 1. The van der Waals surface area contributed by atoms with Gasteiger partial charge in [-0.1, -0.05) is 11.6 Å². The maximum absolute atomic E-state index is 12.2. The Morgan fingerprint density at radius 3 is 2.81 bits per heavy atom. The minimum Gasteiger partial charge on any atom is -0.452 e. The molecular weight excluding hydrogens is 394 g/mol. The summed E-state index contributed by atoms with van der Waals surface area (Å²) < 4.78 is 29.8. The second-order valence-corrected chi connectivity index (χ2v) is 8.16. The van der Waals surface area contributed by atoms with Crippen LogP contribution in [0.2, 0.25) is 5.15 Å². The SMILES string of the molecule is CS(=O)(=O)N1CCc2cc(C(=O)OCC(=O)Nc3cccnc3Cl)ccc21. The molecule has 0 bridgehead atoms. The number of hydrogen-bond acceptors (Lipinski definition) is 6. The number of halogens is 1. The van der Waals surface area contributed by atoms with E-state index in [0.717, 1.165) is 11.8 Å². The summed E-state index contributed by atoms with van der Waals surface area (Å²) >= 11 is 5.84. The number of nitrogens with one attached hydrogen (secondary N) is 1. The fourth-order valence-electron chi connectivity index (χ4n) is 2.72. The zero-order valence-corrected chi connectivity index (χ0v) is 15.9. The third-order valence-electron chi connectivity index (χ3n) is 3.94. The highest BCUT2D eigenvalue weighted by Gasteiger charge is 2.27. The number of amides is 1. The normalized spacial score (nSPS) is 13.2. The van der Waals surface area contributed by atoms with Crippen LogP contribution in [0.1, 0.15) is 15.9 Å². The summed E-state index contributed by atoms with van der Waals surface area (Å²) in [6.07, 6.45) is 3.12. The molecule has 1 aromatic heterocycles. The van der Waals surface area contributed by atoms with Gasteiger partial charge in [0.2, 0.25) is 10.0 Å². The summed E-state index contributed by atoms with van der Waals surface area (Å²) in [5.74, 6) is -1.23. The van der Waals surface area contributed by atoms with Crippen molar-refractivity contribution in [1.82, 2.24) is 4.98 Å². The van der Waals surface area contributed by atoms with E-state index in [1.807, 2.05) is 0 Å². The van der Waals surface area contributed by atoms with Crippen LogP contribution in [-0.2, 0) is 26.0 Å². The Morgan fingerprint density at radius 2 is 2.11 bits per heavy atom. The van der Waals surface area contributed by atoms with Gasteiger partial charge in [0.15, 0.2) is 11.8 Å². The lowest BCUT2D eigenvalue weighted by molar-refractivity contribution is -0.119. The molecule has 1 aliphatic rings. The van der Waals surface area contributed by atoms with Gasteiger partial charge in [0.25, 0.3) is 5.91 Å². The average Bonchev–Trinajstić information content (AvgIpc) is 3.05. The predicted molar refractivity (Wildman–Crippen MR) is 100 cm³/mol. The van der Waals surface area contributed by atoms with Crippen molar-refractivity contribution in [1.29, 1.82) is 0 Å². The molecule has 0 saturated carbocycles. The molecule has 27 heavy (non-hydrogen) atoms. The van der Waals surface area contributed by atoms with E-state index in [1.54, 1.807) is 24.3 Å². The zero-order valence-electron chi connectivity index (χ0n) is 14.3. The maximum atomic E-state index is 12.2. The van der Waals surface area contributed by atoms with Crippen molar-refractivity contribution in [2.24, 2.45) is 0 Å². The third-order valence-corrected chi connectivity index (χ3v) is 5.42. The molecule has 2 heterocycles. The Kier molecular flexibility index (Phi) is 5.33. The number of fused-ring (bicyclic) bond motifs is 1. The van der Waals surface area contributed by atoms with E-state index >= 15 is 0 Å². The fraction of sp³-hybridized carbons (Fsp3) is 0.235. The van der Waals surface area contributed by atoms with Gasteiger partial charge in [-0.05, 0) is 42.3 Å². The lowest BCUT2D eigenvalue weighted by Gasteiger charge is -2.16. The van der Waals surface area contributed by atoms with Gasteiger partial charge in [-0.2, -0.15) is 0 Å². The van der Waals surface area contributed by atoms with Gasteiger partial charge in [-0.15, -0.1) is 0 Å². The topological polar surface area (TPSA) is 106 Å². The third kappa shape index (κ3) is 4.37. The first-order valence-electron chi connectivity index (χ1n) is 7.94. The number of carbonyl (C=O) groups excluding carboxylic acids is 2. The largest absolute Gasteiger partial charge is 0.452 e. The molecule has 8 nitrogen and oxygen atoms in total. The molecule has 1 amide bonds. The Bertz CT molecular complexity index is 1010. The van der Waals surface area contributed by atoms with Crippen LogP contribution in [0.25, 0.3) is 0 Å². The smallest absolute Gasteiger partial charge is 0.338 e. The molecule has 2 aromatic rings. The highest BCUT2D eigenvalue weighted by molar-refractivity contribution is 7.92. The van der Waals surface area contributed by atoms with E-state index in [-0.39, 0.29) is 10.7 Å². The lowest BCUT2D eigenvalue weighted by atomic mass is 10.1. The van der Waals surface area contributed by atoms with Crippen LogP contribution >= 0.6 is 11.6 Å². The second kappa shape index (κ2) is 7.53. The Morgan fingerprint density at radius 1 is 1.33 bits per heavy atom. The molecule has 142 valence electrons. The molecule has 0 radical (unpaired) electrons. The predicted octanol–water partition coefficient (Wildman–Crippen LogP) is 1.85. The van der Waals surface area contributed by atoms with Gasteiger partial charge < -0.3 is 10.1 Å². The van der Waals surface area contributed by atoms with E-state index in [9.17, 15) is 18.0 Å². The highest BCUT2D eigenvalue weighted by Crippen LogP contribution is 2.30. The number of ether oxygens (including phenoxy) is 1. The Hall–Kier alpha value is -2.65. The quantitative estimate of drug-likeness (QED) is 0.596. The number of pyridine rings is 1. The standard InChI is InChI=1S/C17H16ClN3O5S/c1-27(24,25)21-8-6-11-9-12(4-5-14(11)21)17(23)26-10-15(22)20-13-3-2-7-19-16(13)18/h2-5,7,9H,6,8,10H2,1H3,(H,20,22). The van der Waals surface area contributed by atoms with Gasteiger partial charge in [0, 0.05) is 12.7 Å². The van der Waals surface area contributed by atoms with Gasteiger partial charge in [-0.25, -0.2) is 18.2 Å². The Labute approximate surface area is 161 Å². The number of nitrogens with zero attached hydrogens (tertiary/aromatic N) is 2. The van der Waals surface area contributed by atoms with Crippen molar-refractivity contribution in [2.75, 3.05) is 29.0 Å². The number of anilines is 2. The van der Waals surface area contributed by atoms with E-state index in [4.69, 9.17) is 16.3 Å². The molecular formula is C17H16ClN3O5S. The summed E-state index contributed by atoms with van der Waals surface area (Å²) in [5.41, 5.74) is 1.86. The minimum absolute atomic E-state index is 0.131. The van der Waals surface area contributed by atoms with Gasteiger partial charge in [-0.3, -0.25) is 9.10 Å². The zero-order chi connectivity index (χ0) is 19.6. The fourth-order valence-corrected chi connectivity index (χ4v) is 3.85. The van der Waals surface area contributed by atoms with Crippen LogP contribution in [0.4, 0.5) is 11.4 Å². The first-order chi connectivity index (χ1) is 12.8. The van der Waals surface area contributed by atoms with Crippen LogP contribution in [0.3, 0.4) is 0 Å². The van der Waals surface area contributed by atoms with E-state index in [2.05, 4.69) is 10.3 Å². The molecule has 3 rings (SSSR count). The van der Waals surface area contributed by atoms with Crippen LogP contribution in [0, 0.1) is 0 Å². The molecule has 0 spiro atoms. The van der Waals surface area contributed by atoms with Crippen LogP contribution in [-0.4, -0.2) is 44.7 Å². The highest BCUT2D eigenvalue weighted by atomic mass is 35.5. The van der Waals surface area contributed by atoms with E-state index in [0.29, 0.717) is 24.3 Å². The molecule has 1 N–H and O–H groups in total. The van der Waals surface area contributed by atoms with Gasteiger partial charge in [0.05, 0.1) is 23.2 Å². The average molecular weight is 410 g/mol. The lowest BCUT2D eigenvalue weighted by Crippen LogP contribution is -2.27.